The molecule has 108 valence electrons. The molecule has 4 heteroatoms. The van der Waals surface area contributed by atoms with E-state index >= 15 is 0 Å². The minimum atomic E-state index is -0.307. The average Bonchev–Trinajstić information content (AvgIpc) is 2.48. The third-order valence-corrected chi connectivity index (χ3v) is 3.61. The number of benzene rings is 1. The van der Waals surface area contributed by atoms with Crippen LogP contribution in [0.25, 0.3) is 0 Å². The van der Waals surface area contributed by atoms with Gasteiger partial charge >= 0.3 is 0 Å². The van der Waals surface area contributed by atoms with E-state index in [0.29, 0.717) is 5.57 Å². The molecule has 0 saturated heterocycles. The van der Waals surface area contributed by atoms with E-state index in [4.69, 9.17) is 0 Å². The molecule has 2 atom stereocenters. The first-order valence-electron chi connectivity index (χ1n) is 7.04. The fraction of sp³-hybridized carbons (Fsp3) is 0.235. The molecular weight excluding hydrogens is 265 g/mol. The molecule has 1 aromatic rings. The molecule has 2 aliphatic heterocycles. The summed E-state index contributed by atoms with van der Waals surface area (Å²) < 4.78 is 13.9. The van der Waals surface area contributed by atoms with Crippen molar-refractivity contribution in [3.63, 3.8) is 0 Å². The number of aliphatic imine (C=N–C) groups is 1. The summed E-state index contributed by atoms with van der Waals surface area (Å²) in [4.78, 5) is 4.47. The van der Waals surface area contributed by atoms with Crippen LogP contribution in [0.2, 0.25) is 0 Å². The van der Waals surface area contributed by atoms with Crippen molar-refractivity contribution in [2.75, 3.05) is 0 Å². The predicted molar refractivity (Wildman–Crippen MR) is 83.5 cm³/mol. The van der Waals surface area contributed by atoms with Crippen molar-refractivity contribution in [3.8, 4) is 0 Å². The third kappa shape index (κ3) is 2.89. The first-order chi connectivity index (χ1) is 10.1. The summed E-state index contributed by atoms with van der Waals surface area (Å²) in [5.74, 6) is -0.307. The molecule has 0 aromatic heterocycles. The lowest BCUT2D eigenvalue weighted by molar-refractivity contribution is 0.509. The van der Waals surface area contributed by atoms with Crippen molar-refractivity contribution >= 4 is 6.21 Å². The quantitative estimate of drug-likeness (QED) is 0.817. The van der Waals surface area contributed by atoms with Crippen molar-refractivity contribution in [2.24, 2.45) is 4.99 Å². The first-order valence-corrected chi connectivity index (χ1v) is 7.04. The van der Waals surface area contributed by atoms with Crippen molar-refractivity contribution < 1.29 is 4.39 Å². The number of rotatable bonds is 2. The highest BCUT2D eigenvalue weighted by molar-refractivity contribution is 5.87. The minimum Gasteiger partial charge on any atom is -0.366 e. The van der Waals surface area contributed by atoms with Gasteiger partial charge in [0.05, 0.1) is 0 Å². The Bertz CT molecular complexity index is 653. The van der Waals surface area contributed by atoms with E-state index in [1.54, 1.807) is 12.3 Å². The molecule has 3 nitrogen and oxygen atoms in total. The lowest BCUT2D eigenvalue weighted by atomic mass is 10.0. The fourth-order valence-electron chi connectivity index (χ4n) is 2.34. The van der Waals surface area contributed by atoms with Gasteiger partial charge in [0.25, 0.3) is 0 Å². The van der Waals surface area contributed by atoms with E-state index in [1.807, 2.05) is 31.3 Å². The van der Waals surface area contributed by atoms with Crippen LogP contribution in [0.15, 0.2) is 64.7 Å². The van der Waals surface area contributed by atoms with Crippen LogP contribution in [0.5, 0.6) is 0 Å². The van der Waals surface area contributed by atoms with Crippen LogP contribution in [0.1, 0.15) is 24.2 Å². The maximum Gasteiger partial charge on any atom is 0.195 e. The molecule has 2 N–H and O–H groups in total. The van der Waals surface area contributed by atoms with Gasteiger partial charge in [-0.3, -0.25) is 4.99 Å². The summed E-state index contributed by atoms with van der Waals surface area (Å²) in [5, 5.41) is 5.98. The van der Waals surface area contributed by atoms with Crippen LogP contribution in [0.3, 0.4) is 0 Å². The number of dihydropyridines is 1. The first kappa shape index (κ1) is 13.6. The normalized spacial score (nSPS) is 24.4. The highest BCUT2D eigenvalue weighted by atomic mass is 19.1. The molecular formula is C17H18FN3. The van der Waals surface area contributed by atoms with Gasteiger partial charge in [-0.1, -0.05) is 42.0 Å². The molecule has 0 radical (unpaired) electrons. The second-order valence-electron chi connectivity index (χ2n) is 5.38. The largest absolute Gasteiger partial charge is 0.366 e. The van der Waals surface area contributed by atoms with Gasteiger partial charge in [0.1, 0.15) is 6.17 Å². The zero-order valence-electron chi connectivity index (χ0n) is 12.1. The van der Waals surface area contributed by atoms with Gasteiger partial charge in [0.15, 0.2) is 5.95 Å². The average molecular weight is 283 g/mol. The Kier molecular flexibility index (Phi) is 3.60. The summed E-state index contributed by atoms with van der Waals surface area (Å²) >= 11 is 0. The molecule has 0 bridgehead atoms. The van der Waals surface area contributed by atoms with Gasteiger partial charge in [-0.05, 0) is 19.4 Å². The van der Waals surface area contributed by atoms with Gasteiger partial charge in [-0.15, -0.1) is 0 Å². The van der Waals surface area contributed by atoms with E-state index < -0.39 is 0 Å². The third-order valence-electron chi connectivity index (χ3n) is 3.61. The molecule has 2 unspecified atom stereocenters. The van der Waals surface area contributed by atoms with Crippen LogP contribution in [0, 0.1) is 6.92 Å². The maximum absolute atomic E-state index is 13.9. The lowest BCUT2D eigenvalue weighted by Crippen LogP contribution is -2.27. The molecule has 21 heavy (non-hydrogen) atoms. The second-order valence-corrected chi connectivity index (χ2v) is 5.38. The number of aryl methyl sites for hydroxylation is 1. The smallest absolute Gasteiger partial charge is 0.195 e. The Morgan fingerprint density at radius 1 is 1.19 bits per heavy atom. The minimum absolute atomic E-state index is 0.0168. The molecule has 0 spiro atoms. The molecule has 2 aliphatic rings. The zero-order valence-corrected chi connectivity index (χ0v) is 12.1. The Balaban J connectivity index is 1.76. The molecule has 3 rings (SSSR count). The monoisotopic (exact) mass is 283 g/mol. The number of hydrogen-bond donors (Lipinski definition) is 2. The SMILES string of the molecule is Cc1ccc(C2N=CC(C3=C(F)NC(C)C=C3)=CN2)cc1. The Labute approximate surface area is 124 Å². The zero-order chi connectivity index (χ0) is 14.8. The summed E-state index contributed by atoms with van der Waals surface area (Å²) in [5.41, 5.74) is 3.58. The predicted octanol–water partition coefficient (Wildman–Crippen LogP) is 3.28. The topological polar surface area (TPSA) is 36.4 Å². The van der Waals surface area contributed by atoms with E-state index in [-0.39, 0.29) is 18.2 Å². The number of allylic oxidation sites excluding steroid dienone is 3. The van der Waals surface area contributed by atoms with Crippen LogP contribution < -0.4 is 10.6 Å². The summed E-state index contributed by atoms with van der Waals surface area (Å²) in [6.45, 7) is 3.96. The van der Waals surface area contributed by atoms with Crippen molar-refractivity contribution in [1.29, 1.82) is 0 Å². The van der Waals surface area contributed by atoms with Gasteiger partial charge in [0.2, 0.25) is 0 Å². The number of hydrogen-bond acceptors (Lipinski definition) is 3. The molecule has 0 saturated carbocycles. The lowest BCUT2D eigenvalue weighted by Gasteiger charge is -2.22. The van der Waals surface area contributed by atoms with Gasteiger partial charge in [0, 0.05) is 29.6 Å². The molecule has 0 aliphatic carbocycles. The van der Waals surface area contributed by atoms with Crippen molar-refractivity contribution in [3.05, 3.63) is 70.8 Å². The Morgan fingerprint density at radius 2 is 1.95 bits per heavy atom. The number of nitrogens with one attached hydrogen (secondary N) is 2. The van der Waals surface area contributed by atoms with Gasteiger partial charge in [-0.25, -0.2) is 0 Å². The molecule has 1 aromatic carbocycles. The van der Waals surface area contributed by atoms with Crippen molar-refractivity contribution in [2.45, 2.75) is 26.1 Å². The van der Waals surface area contributed by atoms with Crippen LogP contribution in [0.4, 0.5) is 4.39 Å². The van der Waals surface area contributed by atoms with E-state index in [0.717, 1.165) is 11.1 Å². The van der Waals surface area contributed by atoms with E-state index in [1.165, 1.54) is 5.56 Å². The highest BCUT2D eigenvalue weighted by Crippen LogP contribution is 2.24. The van der Waals surface area contributed by atoms with Crippen LogP contribution in [-0.4, -0.2) is 12.3 Å². The standard InChI is InChI=1S/C17H18FN3/c1-11-3-6-13(7-4-11)17-19-9-14(10-20-17)15-8-5-12(2)21-16(15)18/h3-10,12,17,19,21H,1-2H3. The number of halogens is 1. The Morgan fingerprint density at radius 3 is 2.57 bits per heavy atom. The summed E-state index contributed by atoms with van der Waals surface area (Å²) in [6, 6.07) is 8.23. The van der Waals surface area contributed by atoms with Gasteiger partial charge in [-0.2, -0.15) is 4.39 Å². The maximum atomic E-state index is 13.9. The highest BCUT2D eigenvalue weighted by Gasteiger charge is 2.18. The Hall–Kier alpha value is -2.36. The second kappa shape index (κ2) is 5.56. The molecule has 0 amide bonds. The van der Waals surface area contributed by atoms with Crippen LogP contribution >= 0.6 is 0 Å². The molecule has 0 fully saturated rings. The fourth-order valence-corrected chi connectivity index (χ4v) is 2.34. The van der Waals surface area contributed by atoms with Crippen LogP contribution in [-0.2, 0) is 0 Å². The van der Waals surface area contributed by atoms with E-state index in [9.17, 15) is 4.39 Å². The summed E-state index contributed by atoms with van der Waals surface area (Å²) in [7, 11) is 0. The van der Waals surface area contributed by atoms with E-state index in [2.05, 4.69) is 34.7 Å². The van der Waals surface area contributed by atoms with Crippen molar-refractivity contribution in [1.82, 2.24) is 10.6 Å². The number of nitrogens with zero attached hydrogens (tertiary/aromatic N) is 1. The summed E-state index contributed by atoms with van der Waals surface area (Å²) in [6.07, 6.45) is 7.14. The van der Waals surface area contributed by atoms with Gasteiger partial charge < -0.3 is 10.6 Å². The molecule has 2 heterocycles.